The van der Waals surface area contributed by atoms with Crippen LogP contribution in [0.3, 0.4) is 0 Å². The maximum absolute atomic E-state index is 13.2. The van der Waals surface area contributed by atoms with Gasteiger partial charge in [-0.15, -0.1) is 11.3 Å². The second-order valence-electron chi connectivity index (χ2n) is 2.83. The second kappa shape index (κ2) is 3.51. The van der Waals surface area contributed by atoms with Crippen molar-refractivity contribution in [3.05, 3.63) is 28.7 Å². The largest absolute Gasteiger partial charge is 0.439 e. The number of rotatable bonds is 2. The molecule has 0 aromatic carbocycles. The molecular weight excluding hydrogens is 203 g/mol. The number of nitrogens with zero attached hydrogens (tertiary/aromatic N) is 1. The van der Waals surface area contributed by atoms with Gasteiger partial charge >= 0.3 is 0 Å². The van der Waals surface area contributed by atoms with E-state index in [1.54, 1.807) is 12.3 Å². The molecule has 0 bridgehead atoms. The SMILES string of the molecule is Cc1nc(-c2sccc2F)oc1CN. The van der Waals surface area contributed by atoms with Gasteiger partial charge in [0.25, 0.3) is 0 Å². The smallest absolute Gasteiger partial charge is 0.239 e. The quantitative estimate of drug-likeness (QED) is 0.831. The van der Waals surface area contributed by atoms with Crippen LogP contribution in [-0.2, 0) is 6.54 Å². The number of aryl methyl sites for hydroxylation is 1. The van der Waals surface area contributed by atoms with Gasteiger partial charge in [0, 0.05) is 0 Å². The van der Waals surface area contributed by atoms with Crippen molar-refractivity contribution in [2.45, 2.75) is 13.5 Å². The third kappa shape index (κ3) is 1.44. The first-order chi connectivity index (χ1) is 6.72. The molecule has 0 aliphatic rings. The molecule has 0 saturated carbocycles. The van der Waals surface area contributed by atoms with Crippen molar-refractivity contribution >= 4 is 11.3 Å². The molecule has 2 rings (SSSR count). The van der Waals surface area contributed by atoms with Gasteiger partial charge in [-0.1, -0.05) is 0 Å². The number of aromatic nitrogens is 1. The van der Waals surface area contributed by atoms with Crippen molar-refractivity contribution in [1.29, 1.82) is 0 Å². The van der Waals surface area contributed by atoms with Crippen LogP contribution in [0.4, 0.5) is 4.39 Å². The Morgan fingerprint density at radius 3 is 2.93 bits per heavy atom. The fourth-order valence-electron chi connectivity index (χ4n) is 1.16. The number of thiophene rings is 1. The summed E-state index contributed by atoms with van der Waals surface area (Å²) in [6, 6.07) is 1.39. The fraction of sp³-hybridized carbons (Fsp3) is 0.222. The zero-order chi connectivity index (χ0) is 10.1. The number of hydrogen-bond donors (Lipinski definition) is 1. The monoisotopic (exact) mass is 212 g/mol. The van der Waals surface area contributed by atoms with Crippen LogP contribution in [-0.4, -0.2) is 4.98 Å². The Morgan fingerprint density at radius 2 is 2.43 bits per heavy atom. The molecule has 74 valence electrons. The van der Waals surface area contributed by atoms with Crippen molar-refractivity contribution in [3.8, 4) is 10.8 Å². The first-order valence-electron chi connectivity index (χ1n) is 4.12. The van der Waals surface area contributed by atoms with Gasteiger partial charge in [0.05, 0.1) is 12.2 Å². The number of oxazole rings is 1. The van der Waals surface area contributed by atoms with Crippen molar-refractivity contribution in [2.75, 3.05) is 0 Å². The molecule has 14 heavy (non-hydrogen) atoms. The second-order valence-corrected chi connectivity index (χ2v) is 3.75. The minimum absolute atomic E-state index is 0.284. The van der Waals surface area contributed by atoms with Crippen molar-refractivity contribution < 1.29 is 8.81 Å². The molecule has 2 aromatic heterocycles. The van der Waals surface area contributed by atoms with Crippen molar-refractivity contribution in [1.82, 2.24) is 4.98 Å². The summed E-state index contributed by atoms with van der Waals surface area (Å²) in [5, 5.41) is 1.66. The van der Waals surface area contributed by atoms with Gasteiger partial charge in [0.2, 0.25) is 5.89 Å². The van der Waals surface area contributed by atoms with E-state index in [2.05, 4.69) is 4.98 Å². The Morgan fingerprint density at radius 1 is 1.64 bits per heavy atom. The van der Waals surface area contributed by atoms with E-state index < -0.39 is 0 Å². The molecule has 3 nitrogen and oxygen atoms in total. The van der Waals surface area contributed by atoms with E-state index in [1.807, 2.05) is 0 Å². The van der Waals surface area contributed by atoms with Gasteiger partial charge in [-0.25, -0.2) is 9.37 Å². The lowest BCUT2D eigenvalue weighted by Gasteiger charge is -1.89. The first kappa shape index (κ1) is 9.36. The predicted molar refractivity (Wildman–Crippen MR) is 52.4 cm³/mol. The van der Waals surface area contributed by atoms with E-state index in [4.69, 9.17) is 10.2 Å². The molecular formula is C9H9FN2OS. The molecule has 0 aliphatic carbocycles. The number of hydrogen-bond acceptors (Lipinski definition) is 4. The van der Waals surface area contributed by atoms with Crippen LogP contribution in [0, 0.1) is 12.7 Å². The Hall–Kier alpha value is -1.20. The number of nitrogens with two attached hydrogens (primary N) is 1. The lowest BCUT2D eigenvalue weighted by atomic mass is 10.4. The lowest BCUT2D eigenvalue weighted by Crippen LogP contribution is -1.95. The summed E-state index contributed by atoms with van der Waals surface area (Å²) in [4.78, 5) is 4.53. The molecule has 0 aliphatic heterocycles. The zero-order valence-corrected chi connectivity index (χ0v) is 8.40. The van der Waals surface area contributed by atoms with E-state index in [9.17, 15) is 4.39 Å². The molecule has 0 saturated heterocycles. The summed E-state index contributed by atoms with van der Waals surface area (Å²) >= 11 is 1.26. The minimum atomic E-state index is -0.306. The van der Waals surface area contributed by atoms with Crippen LogP contribution >= 0.6 is 11.3 Å². The van der Waals surface area contributed by atoms with Gasteiger partial charge in [0.1, 0.15) is 16.5 Å². The highest BCUT2D eigenvalue weighted by Crippen LogP contribution is 2.28. The zero-order valence-electron chi connectivity index (χ0n) is 7.58. The highest BCUT2D eigenvalue weighted by Gasteiger charge is 2.14. The summed E-state index contributed by atoms with van der Waals surface area (Å²) in [7, 11) is 0. The predicted octanol–water partition coefficient (Wildman–Crippen LogP) is 2.31. The Kier molecular flexibility index (Phi) is 2.35. The van der Waals surface area contributed by atoms with Gasteiger partial charge in [-0.05, 0) is 18.4 Å². The Bertz CT molecular complexity index is 449. The molecule has 2 N–H and O–H groups in total. The van der Waals surface area contributed by atoms with Gasteiger partial charge in [-0.3, -0.25) is 0 Å². The summed E-state index contributed by atoms with van der Waals surface area (Å²) in [6.45, 7) is 2.08. The summed E-state index contributed by atoms with van der Waals surface area (Å²) in [6.07, 6.45) is 0. The summed E-state index contributed by atoms with van der Waals surface area (Å²) in [5.41, 5.74) is 6.15. The van der Waals surface area contributed by atoms with E-state index >= 15 is 0 Å². The maximum atomic E-state index is 13.2. The van der Waals surface area contributed by atoms with Crippen LogP contribution in [0.1, 0.15) is 11.5 Å². The minimum Gasteiger partial charge on any atom is -0.439 e. The summed E-state index contributed by atoms with van der Waals surface area (Å²) < 4.78 is 18.5. The highest BCUT2D eigenvalue weighted by atomic mass is 32.1. The van der Waals surface area contributed by atoms with Crippen LogP contribution in [0.15, 0.2) is 15.9 Å². The highest BCUT2D eigenvalue weighted by molar-refractivity contribution is 7.13. The van der Waals surface area contributed by atoms with Crippen LogP contribution in [0.5, 0.6) is 0 Å². The maximum Gasteiger partial charge on any atom is 0.239 e. The van der Waals surface area contributed by atoms with Gasteiger partial charge < -0.3 is 10.2 Å². The molecule has 0 unspecified atom stereocenters. The van der Waals surface area contributed by atoms with Crippen molar-refractivity contribution in [2.24, 2.45) is 5.73 Å². The summed E-state index contributed by atoms with van der Waals surface area (Å²) in [5.74, 6) is 0.614. The van der Waals surface area contributed by atoms with Crippen LogP contribution in [0.25, 0.3) is 10.8 Å². The van der Waals surface area contributed by atoms with Crippen LogP contribution in [0.2, 0.25) is 0 Å². The van der Waals surface area contributed by atoms with E-state index in [0.717, 1.165) is 5.69 Å². The molecule has 0 fully saturated rings. The normalized spacial score (nSPS) is 10.8. The molecule has 0 amide bonds. The van der Waals surface area contributed by atoms with Gasteiger partial charge in [-0.2, -0.15) is 0 Å². The molecule has 5 heteroatoms. The fourth-order valence-corrected chi connectivity index (χ4v) is 1.85. The molecule has 0 atom stereocenters. The third-order valence-electron chi connectivity index (χ3n) is 1.89. The molecule has 0 radical (unpaired) electrons. The molecule has 2 aromatic rings. The van der Waals surface area contributed by atoms with Crippen molar-refractivity contribution in [3.63, 3.8) is 0 Å². The van der Waals surface area contributed by atoms with E-state index in [0.29, 0.717) is 16.5 Å². The third-order valence-corrected chi connectivity index (χ3v) is 2.77. The van der Waals surface area contributed by atoms with Gasteiger partial charge in [0.15, 0.2) is 0 Å². The lowest BCUT2D eigenvalue weighted by molar-refractivity contribution is 0.515. The van der Waals surface area contributed by atoms with Crippen LogP contribution < -0.4 is 5.73 Å². The average Bonchev–Trinajstić information content (AvgIpc) is 2.71. The first-order valence-corrected chi connectivity index (χ1v) is 5.00. The molecule has 0 spiro atoms. The molecule has 2 heterocycles. The average molecular weight is 212 g/mol. The number of halogens is 1. The Balaban J connectivity index is 2.47. The topological polar surface area (TPSA) is 52.0 Å². The van der Waals surface area contributed by atoms with E-state index in [1.165, 1.54) is 17.4 Å². The Labute approximate surface area is 84.4 Å². The van der Waals surface area contributed by atoms with E-state index in [-0.39, 0.29) is 12.4 Å². The standard InChI is InChI=1S/C9H9FN2OS/c1-5-7(4-11)13-9(12-5)8-6(10)2-3-14-8/h2-3H,4,11H2,1H3.